The first-order valence-corrected chi connectivity index (χ1v) is 29.4. The molecule has 0 saturated carbocycles. The van der Waals surface area contributed by atoms with Gasteiger partial charge in [0.1, 0.15) is 24.4 Å². The maximum absolute atomic E-state index is 13.0. The van der Waals surface area contributed by atoms with Gasteiger partial charge >= 0.3 is 0 Å². The second kappa shape index (κ2) is 48.6. The highest BCUT2D eigenvalue weighted by Gasteiger charge is 2.44. The molecule has 0 aromatic rings. The number of nitrogens with one attached hydrogen (secondary N) is 1. The first kappa shape index (κ1) is 63.9. The minimum absolute atomic E-state index is 0.172. The van der Waals surface area contributed by atoms with Gasteiger partial charge in [-0.05, 0) is 19.3 Å². The molecule has 0 aromatic heterocycles. The lowest BCUT2D eigenvalue weighted by molar-refractivity contribution is -0.302. The Morgan fingerprint density at radius 3 is 1.16 bits per heavy atom. The van der Waals surface area contributed by atoms with Crippen molar-refractivity contribution in [2.75, 3.05) is 13.2 Å². The molecule has 398 valence electrons. The third-order valence-electron chi connectivity index (χ3n) is 14.4. The first-order chi connectivity index (χ1) is 32.8. The van der Waals surface area contributed by atoms with Crippen molar-refractivity contribution in [1.29, 1.82) is 0 Å². The maximum Gasteiger partial charge on any atom is 0.220 e. The summed E-state index contributed by atoms with van der Waals surface area (Å²) in [6.45, 7) is 3.79. The Hall–Kier alpha value is -1.07. The second-order valence-electron chi connectivity index (χ2n) is 20.8. The van der Waals surface area contributed by atoms with Crippen LogP contribution in [0, 0.1) is 0 Å². The van der Waals surface area contributed by atoms with E-state index < -0.39 is 49.5 Å². The van der Waals surface area contributed by atoms with Crippen molar-refractivity contribution < 1.29 is 39.8 Å². The van der Waals surface area contributed by atoms with Crippen LogP contribution in [0.1, 0.15) is 296 Å². The van der Waals surface area contributed by atoms with Crippen LogP contribution in [-0.4, -0.2) is 87.5 Å². The minimum atomic E-state index is -1.56. The first-order valence-electron chi connectivity index (χ1n) is 29.4. The SMILES string of the molecule is CCCCCCCCCCC/C=C/[C@@H](O)[C@H](CO[C@@H]1O[C@H](CO)[C@@H](O)C(O)C1O)NC(=O)CCCCCCCCCCCCCCCCCCCCCCCCCCCCCCCCCCC. The molecule has 1 rings (SSSR count). The lowest BCUT2D eigenvalue weighted by Crippen LogP contribution is -2.60. The van der Waals surface area contributed by atoms with Crippen molar-refractivity contribution in [3.63, 3.8) is 0 Å². The van der Waals surface area contributed by atoms with Gasteiger partial charge < -0.3 is 40.3 Å². The van der Waals surface area contributed by atoms with Crippen molar-refractivity contribution in [1.82, 2.24) is 5.32 Å². The lowest BCUT2D eigenvalue weighted by atomic mass is 9.99. The number of ether oxygens (including phenoxy) is 2. The van der Waals surface area contributed by atoms with E-state index in [4.69, 9.17) is 9.47 Å². The minimum Gasteiger partial charge on any atom is -0.394 e. The summed E-state index contributed by atoms with van der Waals surface area (Å²) in [6, 6.07) is -0.799. The van der Waals surface area contributed by atoms with Crippen LogP contribution in [0.15, 0.2) is 12.2 Å². The van der Waals surface area contributed by atoms with E-state index >= 15 is 0 Å². The van der Waals surface area contributed by atoms with E-state index in [1.54, 1.807) is 6.08 Å². The van der Waals surface area contributed by atoms with Crippen LogP contribution in [0.2, 0.25) is 0 Å². The normalized spacial score (nSPS) is 19.7. The predicted molar refractivity (Wildman–Crippen MR) is 281 cm³/mol. The number of amides is 1. The molecule has 7 atom stereocenters. The molecule has 1 amide bonds. The average Bonchev–Trinajstić information content (AvgIpc) is 3.33. The fraction of sp³-hybridized carbons (Fsp3) is 0.948. The summed E-state index contributed by atoms with van der Waals surface area (Å²) in [5.74, 6) is -0.172. The highest BCUT2D eigenvalue weighted by molar-refractivity contribution is 5.76. The van der Waals surface area contributed by atoms with Crippen molar-refractivity contribution in [3.05, 3.63) is 12.2 Å². The van der Waals surface area contributed by atoms with Gasteiger partial charge in [0.15, 0.2) is 6.29 Å². The molecule has 1 heterocycles. The number of unbranched alkanes of at least 4 members (excludes halogenated alkanes) is 41. The van der Waals surface area contributed by atoms with E-state index in [-0.39, 0.29) is 12.5 Å². The molecular formula is C58H113NO8. The zero-order valence-electron chi connectivity index (χ0n) is 44.2. The third-order valence-corrected chi connectivity index (χ3v) is 14.4. The number of allylic oxidation sites excluding steroid dienone is 1. The van der Waals surface area contributed by atoms with E-state index in [1.807, 2.05) is 6.08 Å². The molecule has 1 fully saturated rings. The van der Waals surface area contributed by atoms with Gasteiger partial charge in [0.2, 0.25) is 5.91 Å². The Morgan fingerprint density at radius 1 is 0.493 bits per heavy atom. The molecule has 0 radical (unpaired) electrons. The molecule has 6 N–H and O–H groups in total. The largest absolute Gasteiger partial charge is 0.394 e. The summed E-state index contributed by atoms with van der Waals surface area (Å²) in [5, 5.41) is 54.3. The summed E-state index contributed by atoms with van der Waals surface area (Å²) >= 11 is 0. The molecule has 0 aliphatic carbocycles. The van der Waals surface area contributed by atoms with E-state index in [0.29, 0.717) is 6.42 Å². The fourth-order valence-electron chi connectivity index (χ4n) is 9.69. The number of carbonyl (C=O) groups is 1. The molecule has 0 spiro atoms. The van der Waals surface area contributed by atoms with Gasteiger partial charge in [0, 0.05) is 6.42 Å². The highest BCUT2D eigenvalue weighted by atomic mass is 16.7. The Bertz CT molecular complexity index is 1060. The van der Waals surface area contributed by atoms with E-state index in [2.05, 4.69) is 19.2 Å². The molecule has 9 nitrogen and oxygen atoms in total. The molecule has 2 unspecified atom stereocenters. The molecule has 0 bridgehead atoms. The number of aliphatic hydroxyl groups is 5. The van der Waals surface area contributed by atoms with Crippen LogP contribution in [0.25, 0.3) is 0 Å². The fourth-order valence-corrected chi connectivity index (χ4v) is 9.69. The van der Waals surface area contributed by atoms with Crippen molar-refractivity contribution in [2.45, 2.75) is 339 Å². The van der Waals surface area contributed by atoms with Crippen molar-refractivity contribution >= 4 is 5.91 Å². The summed E-state index contributed by atoms with van der Waals surface area (Å²) in [5.41, 5.74) is 0. The molecule has 0 aromatic carbocycles. The quantitative estimate of drug-likeness (QED) is 0.0261. The topological polar surface area (TPSA) is 149 Å². The van der Waals surface area contributed by atoms with Crippen molar-refractivity contribution in [2.24, 2.45) is 0 Å². The number of hydrogen-bond acceptors (Lipinski definition) is 8. The van der Waals surface area contributed by atoms with Crippen LogP contribution in [0.3, 0.4) is 0 Å². The lowest BCUT2D eigenvalue weighted by Gasteiger charge is -2.40. The van der Waals surface area contributed by atoms with Gasteiger partial charge in [-0.1, -0.05) is 283 Å². The summed E-state index contributed by atoms with van der Waals surface area (Å²) in [4.78, 5) is 13.0. The smallest absolute Gasteiger partial charge is 0.220 e. The van der Waals surface area contributed by atoms with Gasteiger partial charge in [0.25, 0.3) is 0 Å². The third kappa shape index (κ3) is 38.3. The Balaban J connectivity index is 2.06. The second-order valence-corrected chi connectivity index (χ2v) is 20.8. The van der Waals surface area contributed by atoms with Crippen LogP contribution in [0.5, 0.6) is 0 Å². The van der Waals surface area contributed by atoms with E-state index in [9.17, 15) is 30.3 Å². The van der Waals surface area contributed by atoms with Crippen LogP contribution < -0.4 is 5.32 Å². The molecule has 1 aliphatic heterocycles. The number of carbonyl (C=O) groups excluding carboxylic acids is 1. The van der Waals surface area contributed by atoms with E-state index in [0.717, 1.165) is 38.5 Å². The molecule has 1 aliphatic rings. The Kier molecular flexibility index (Phi) is 46.3. The van der Waals surface area contributed by atoms with Crippen LogP contribution in [-0.2, 0) is 14.3 Å². The zero-order valence-corrected chi connectivity index (χ0v) is 44.2. The van der Waals surface area contributed by atoms with Gasteiger partial charge in [-0.2, -0.15) is 0 Å². The van der Waals surface area contributed by atoms with Gasteiger partial charge in [-0.25, -0.2) is 0 Å². The number of aliphatic hydroxyl groups excluding tert-OH is 5. The molecule has 67 heavy (non-hydrogen) atoms. The standard InChI is InChI=1S/C58H113NO8/c1-3-5-7-9-11-13-15-16-17-18-19-20-21-22-23-24-25-26-27-28-29-30-31-32-33-34-35-36-38-40-42-44-46-48-54(62)59-51(50-66-58-57(65)56(64)55(63)53(49-60)67-58)52(61)47-45-43-41-39-37-14-12-10-8-6-4-2/h45,47,51-53,55-58,60-61,63-65H,3-44,46,48-50H2,1-2H3,(H,59,62)/b47-45+/t51-,52+,53+,55+,56?,57?,58+/m0/s1. The number of hydrogen-bond donors (Lipinski definition) is 6. The van der Waals surface area contributed by atoms with Crippen LogP contribution >= 0.6 is 0 Å². The van der Waals surface area contributed by atoms with Crippen molar-refractivity contribution in [3.8, 4) is 0 Å². The Morgan fingerprint density at radius 2 is 0.821 bits per heavy atom. The number of rotatable bonds is 51. The van der Waals surface area contributed by atoms with Gasteiger partial charge in [0.05, 0.1) is 25.4 Å². The van der Waals surface area contributed by atoms with E-state index in [1.165, 1.54) is 238 Å². The predicted octanol–water partition coefficient (Wildman–Crippen LogP) is 14.4. The highest BCUT2D eigenvalue weighted by Crippen LogP contribution is 2.23. The Labute approximate surface area is 414 Å². The monoisotopic (exact) mass is 952 g/mol. The summed E-state index contributed by atoms with van der Waals surface area (Å²) < 4.78 is 11.2. The zero-order chi connectivity index (χ0) is 48.7. The molecule has 1 saturated heterocycles. The summed E-state index contributed by atoms with van der Waals surface area (Å²) in [6.07, 6.45) is 53.1. The molecule has 9 heteroatoms. The van der Waals surface area contributed by atoms with Gasteiger partial charge in [-0.3, -0.25) is 4.79 Å². The molecular weight excluding hydrogens is 839 g/mol. The van der Waals surface area contributed by atoms with Gasteiger partial charge in [-0.15, -0.1) is 0 Å². The average molecular weight is 953 g/mol. The summed E-state index contributed by atoms with van der Waals surface area (Å²) in [7, 11) is 0. The maximum atomic E-state index is 13.0. The van der Waals surface area contributed by atoms with Crippen LogP contribution in [0.4, 0.5) is 0 Å².